The lowest BCUT2D eigenvalue weighted by molar-refractivity contribution is -0.137. The van der Waals surface area contributed by atoms with Gasteiger partial charge in [-0.25, -0.2) is 0 Å². The average Bonchev–Trinajstić information content (AvgIpc) is 2.37. The van der Waals surface area contributed by atoms with E-state index < -0.39 is 0 Å². The van der Waals surface area contributed by atoms with Gasteiger partial charge in [0, 0.05) is 25.0 Å². The SMILES string of the molecule is CC(C)CCN(CCC(C)C)C(=O)C1CCCC(N)C1. The van der Waals surface area contributed by atoms with Crippen LogP contribution in [-0.2, 0) is 4.79 Å². The van der Waals surface area contributed by atoms with Gasteiger partial charge in [-0.1, -0.05) is 34.1 Å². The molecule has 3 heteroatoms. The molecule has 0 bridgehead atoms. The smallest absolute Gasteiger partial charge is 0.225 e. The molecule has 0 saturated heterocycles. The fraction of sp³-hybridized carbons (Fsp3) is 0.941. The molecule has 1 saturated carbocycles. The van der Waals surface area contributed by atoms with Gasteiger partial charge in [-0.3, -0.25) is 4.79 Å². The van der Waals surface area contributed by atoms with Gasteiger partial charge in [0.1, 0.15) is 0 Å². The second-order valence-electron chi connectivity index (χ2n) is 7.31. The van der Waals surface area contributed by atoms with E-state index in [1.54, 1.807) is 0 Å². The van der Waals surface area contributed by atoms with Gasteiger partial charge >= 0.3 is 0 Å². The van der Waals surface area contributed by atoms with Crippen molar-refractivity contribution in [2.24, 2.45) is 23.5 Å². The van der Waals surface area contributed by atoms with Crippen molar-refractivity contribution in [1.82, 2.24) is 4.90 Å². The second-order valence-corrected chi connectivity index (χ2v) is 7.31. The van der Waals surface area contributed by atoms with Crippen molar-refractivity contribution in [1.29, 1.82) is 0 Å². The Bertz CT molecular complexity index is 277. The van der Waals surface area contributed by atoms with Gasteiger partial charge < -0.3 is 10.6 Å². The molecule has 2 N–H and O–H groups in total. The molecule has 118 valence electrons. The van der Waals surface area contributed by atoms with Crippen LogP contribution in [0.5, 0.6) is 0 Å². The van der Waals surface area contributed by atoms with Crippen molar-refractivity contribution in [2.75, 3.05) is 13.1 Å². The number of hydrogen-bond donors (Lipinski definition) is 1. The molecule has 1 amide bonds. The zero-order valence-corrected chi connectivity index (χ0v) is 13.9. The lowest BCUT2D eigenvalue weighted by Gasteiger charge is -2.32. The van der Waals surface area contributed by atoms with E-state index in [1.165, 1.54) is 0 Å². The predicted molar refractivity (Wildman–Crippen MR) is 85.4 cm³/mol. The fourth-order valence-electron chi connectivity index (χ4n) is 2.87. The summed E-state index contributed by atoms with van der Waals surface area (Å²) >= 11 is 0. The Morgan fingerprint density at radius 1 is 1.10 bits per heavy atom. The van der Waals surface area contributed by atoms with E-state index in [1.807, 2.05) is 0 Å². The number of nitrogens with zero attached hydrogens (tertiary/aromatic N) is 1. The summed E-state index contributed by atoms with van der Waals surface area (Å²) in [4.78, 5) is 14.9. The molecule has 0 aromatic rings. The Labute approximate surface area is 125 Å². The minimum Gasteiger partial charge on any atom is -0.342 e. The third kappa shape index (κ3) is 6.25. The van der Waals surface area contributed by atoms with Crippen LogP contribution in [0.1, 0.15) is 66.2 Å². The Morgan fingerprint density at radius 3 is 2.10 bits per heavy atom. The molecule has 0 spiro atoms. The summed E-state index contributed by atoms with van der Waals surface area (Å²) in [5.41, 5.74) is 6.04. The summed E-state index contributed by atoms with van der Waals surface area (Å²) in [6.45, 7) is 10.7. The first kappa shape index (κ1) is 17.5. The van der Waals surface area contributed by atoms with Crippen LogP contribution in [0.25, 0.3) is 0 Å². The third-order valence-electron chi connectivity index (χ3n) is 4.33. The molecule has 0 aromatic heterocycles. The number of hydrogen-bond acceptors (Lipinski definition) is 2. The summed E-state index contributed by atoms with van der Waals surface area (Å²) in [7, 11) is 0. The first-order valence-corrected chi connectivity index (χ1v) is 8.44. The average molecular weight is 282 g/mol. The summed E-state index contributed by atoms with van der Waals surface area (Å²) in [6.07, 6.45) is 6.32. The zero-order chi connectivity index (χ0) is 15.1. The highest BCUT2D eigenvalue weighted by atomic mass is 16.2. The Kier molecular flexibility index (Phi) is 7.57. The Balaban J connectivity index is 2.56. The summed E-state index contributed by atoms with van der Waals surface area (Å²) in [5.74, 6) is 1.84. The Hall–Kier alpha value is -0.570. The van der Waals surface area contributed by atoms with Crippen LogP contribution in [0.15, 0.2) is 0 Å². The van der Waals surface area contributed by atoms with Crippen molar-refractivity contribution < 1.29 is 4.79 Å². The molecule has 0 radical (unpaired) electrons. The molecule has 2 unspecified atom stereocenters. The molecule has 1 aliphatic rings. The summed E-state index contributed by atoms with van der Waals surface area (Å²) in [5, 5.41) is 0. The number of rotatable bonds is 7. The van der Waals surface area contributed by atoms with E-state index in [2.05, 4.69) is 32.6 Å². The number of carbonyl (C=O) groups is 1. The lowest BCUT2D eigenvalue weighted by Crippen LogP contribution is -2.42. The predicted octanol–water partition coefficient (Wildman–Crippen LogP) is 3.42. The number of amides is 1. The number of nitrogens with two attached hydrogens (primary N) is 1. The largest absolute Gasteiger partial charge is 0.342 e. The maximum atomic E-state index is 12.7. The first-order chi connectivity index (χ1) is 9.40. The van der Waals surface area contributed by atoms with Crippen LogP contribution >= 0.6 is 0 Å². The highest BCUT2D eigenvalue weighted by Gasteiger charge is 2.28. The highest BCUT2D eigenvalue weighted by Crippen LogP contribution is 2.25. The van der Waals surface area contributed by atoms with Gasteiger partial charge in [0.25, 0.3) is 0 Å². The van der Waals surface area contributed by atoms with Crippen LogP contribution < -0.4 is 5.73 Å². The van der Waals surface area contributed by atoms with Crippen LogP contribution in [0.4, 0.5) is 0 Å². The normalized spacial score (nSPS) is 23.4. The molecule has 20 heavy (non-hydrogen) atoms. The summed E-state index contributed by atoms with van der Waals surface area (Å²) < 4.78 is 0. The molecule has 0 heterocycles. The molecule has 2 atom stereocenters. The van der Waals surface area contributed by atoms with Crippen LogP contribution in [0.3, 0.4) is 0 Å². The molecule has 1 rings (SSSR count). The van der Waals surface area contributed by atoms with Crippen molar-refractivity contribution in [3.63, 3.8) is 0 Å². The zero-order valence-electron chi connectivity index (χ0n) is 13.9. The fourth-order valence-corrected chi connectivity index (χ4v) is 2.87. The minimum absolute atomic E-state index is 0.179. The monoisotopic (exact) mass is 282 g/mol. The van der Waals surface area contributed by atoms with Crippen LogP contribution in [-0.4, -0.2) is 29.9 Å². The van der Waals surface area contributed by atoms with Crippen molar-refractivity contribution in [3.8, 4) is 0 Å². The van der Waals surface area contributed by atoms with Crippen molar-refractivity contribution in [3.05, 3.63) is 0 Å². The minimum atomic E-state index is 0.179. The maximum Gasteiger partial charge on any atom is 0.225 e. The first-order valence-electron chi connectivity index (χ1n) is 8.44. The molecular weight excluding hydrogens is 248 g/mol. The molecule has 0 aliphatic heterocycles. The molecule has 1 aliphatic carbocycles. The van der Waals surface area contributed by atoms with Gasteiger partial charge in [0.15, 0.2) is 0 Å². The second kappa shape index (κ2) is 8.66. The standard InChI is InChI=1S/C17H34N2O/c1-13(2)8-10-19(11-9-14(3)4)17(20)15-6-5-7-16(18)12-15/h13-16H,5-12,18H2,1-4H3. The van der Waals surface area contributed by atoms with E-state index in [-0.39, 0.29) is 12.0 Å². The third-order valence-corrected chi connectivity index (χ3v) is 4.33. The maximum absolute atomic E-state index is 12.7. The number of carbonyl (C=O) groups excluding carboxylic acids is 1. The topological polar surface area (TPSA) is 46.3 Å². The summed E-state index contributed by atoms with van der Waals surface area (Å²) in [6, 6.07) is 0.231. The van der Waals surface area contributed by atoms with E-state index in [0.29, 0.717) is 17.7 Å². The van der Waals surface area contributed by atoms with Crippen LogP contribution in [0.2, 0.25) is 0 Å². The van der Waals surface area contributed by atoms with Gasteiger partial charge in [-0.2, -0.15) is 0 Å². The van der Waals surface area contributed by atoms with E-state index in [0.717, 1.165) is 51.6 Å². The van der Waals surface area contributed by atoms with Crippen LogP contribution in [0, 0.1) is 17.8 Å². The van der Waals surface area contributed by atoms with Crippen molar-refractivity contribution >= 4 is 5.91 Å². The van der Waals surface area contributed by atoms with Crippen molar-refractivity contribution in [2.45, 2.75) is 72.3 Å². The highest BCUT2D eigenvalue weighted by molar-refractivity contribution is 5.79. The van der Waals surface area contributed by atoms with Gasteiger partial charge in [0.05, 0.1) is 0 Å². The van der Waals surface area contributed by atoms with Gasteiger partial charge in [-0.05, 0) is 43.9 Å². The molecule has 0 aromatic carbocycles. The van der Waals surface area contributed by atoms with Gasteiger partial charge in [-0.15, -0.1) is 0 Å². The Morgan fingerprint density at radius 2 is 1.65 bits per heavy atom. The molecular formula is C17H34N2O. The lowest BCUT2D eigenvalue weighted by atomic mass is 9.85. The van der Waals surface area contributed by atoms with E-state index >= 15 is 0 Å². The molecule has 1 fully saturated rings. The van der Waals surface area contributed by atoms with E-state index in [9.17, 15) is 4.79 Å². The quantitative estimate of drug-likeness (QED) is 0.777. The van der Waals surface area contributed by atoms with Gasteiger partial charge in [0.2, 0.25) is 5.91 Å². The van der Waals surface area contributed by atoms with E-state index in [4.69, 9.17) is 5.73 Å². The molecule has 3 nitrogen and oxygen atoms in total.